The number of carbonyl (C=O) groups is 1. The van der Waals surface area contributed by atoms with Crippen LogP contribution in [-0.4, -0.2) is 27.4 Å². The lowest BCUT2D eigenvalue weighted by atomic mass is 10.0. The topological polar surface area (TPSA) is 83.2 Å². The van der Waals surface area contributed by atoms with Gasteiger partial charge in [-0.25, -0.2) is 4.98 Å². The van der Waals surface area contributed by atoms with Crippen molar-refractivity contribution >= 4 is 29.1 Å². The fourth-order valence-electron chi connectivity index (χ4n) is 2.47. The van der Waals surface area contributed by atoms with Crippen LogP contribution in [0.1, 0.15) is 25.1 Å². The van der Waals surface area contributed by atoms with Gasteiger partial charge in [0.15, 0.2) is 4.34 Å². The Balaban J connectivity index is 1.52. The first-order valence-corrected chi connectivity index (χ1v) is 10.7. The van der Waals surface area contributed by atoms with Gasteiger partial charge >= 0.3 is 5.97 Å². The van der Waals surface area contributed by atoms with Crippen molar-refractivity contribution in [2.45, 2.75) is 29.4 Å². The Morgan fingerprint density at radius 2 is 1.79 bits per heavy atom. The number of thioether (sulfide) groups is 1. The second kappa shape index (κ2) is 9.12. The molecule has 1 aromatic heterocycles. The van der Waals surface area contributed by atoms with Gasteiger partial charge in [0.05, 0.1) is 23.9 Å². The van der Waals surface area contributed by atoms with Gasteiger partial charge in [-0.2, -0.15) is 5.26 Å². The zero-order chi connectivity index (χ0) is 20.9. The van der Waals surface area contributed by atoms with Gasteiger partial charge in [-0.1, -0.05) is 36.0 Å². The highest BCUT2D eigenvalue weighted by atomic mass is 32.2. The SMILES string of the molecule is CC(C)(Sc1nc(CCOc2ccc(-c3ccc(C#N)cc3)cc2)cs1)C(=O)O. The molecule has 2 aromatic carbocycles. The minimum atomic E-state index is -0.900. The molecule has 148 valence electrons. The summed E-state index contributed by atoms with van der Waals surface area (Å²) in [7, 11) is 0. The fraction of sp³-hybridized carbons (Fsp3) is 0.227. The van der Waals surface area contributed by atoms with E-state index in [9.17, 15) is 9.90 Å². The Morgan fingerprint density at radius 3 is 2.38 bits per heavy atom. The van der Waals surface area contributed by atoms with Gasteiger partial charge < -0.3 is 9.84 Å². The first-order valence-electron chi connectivity index (χ1n) is 8.97. The number of ether oxygens (including phenoxy) is 1. The van der Waals surface area contributed by atoms with E-state index < -0.39 is 10.7 Å². The van der Waals surface area contributed by atoms with Crippen LogP contribution >= 0.6 is 23.1 Å². The number of benzene rings is 2. The number of aromatic nitrogens is 1. The van der Waals surface area contributed by atoms with Crippen molar-refractivity contribution < 1.29 is 14.6 Å². The Hall–Kier alpha value is -2.82. The van der Waals surface area contributed by atoms with E-state index in [-0.39, 0.29) is 0 Å². The van der Waals surface area contributed by atoms with Crippen molar-refractivity contribution in [3.05, 3.63) is 65.2 Å². The van der Waals surface area contributed by atoms with E-state index in [1.54, 1.807) is 26.0 Å². The smallest absolute Gasteiger partial charge is 0.319 e. The van der Waals surface area contributed by atoms with Crippen LogP contribution in [0, 0.1) is 11.3 Å². The largest absolute Gasteiger partial charge is 0.493 e. The number of carboxylic acid groups (broad SMARTS) is 1. The molecule has 0 saturated carbocycles. The molecule has 0 spiro atoms. The predicted molar refractivity (Wildman–Crippen MR) is 115 cm³/mol. The van der Waals surface area contributed by atoms with Crippen LogP contribution in [0.3, 0.4) is 0 Å². The van der Waals surface area contributed by atoms with E-state index >= 15 is 0 Å². The molecular formula is C22H20N2O3S2. The van der Waals surface area contributed by atoms with Gasteiger partial charge in [-0.3, -0.25) is 4.79 Å². The summed E-state index contributed by atoms with van der Waals surface area (Å²) in [4.78, 5) is 15.7. The molecule has 0 atom stereocenters. The van der Waals surface area contributed by atoms with Crippen LogP contribution in [-0.2, 0) is 11.2 Å². The van der Waals surface area contributed by atoms with Crippen molar-refractivity contribution in [3.63, 3.8) is 0 Å². The zero-order valence-electron chi connectivity index (χ0n) is 16.1. The molecular weight excluding hydrogens is 404 g/mol. The fourth-order valence-corrected chi connectivity index (χ4v) is 4.69. The minimum Gasteiger partial charge on any atom is -0.493 e. The monoisotopic (exact) mass is 424 g/mol. The summed E-state index contributed by atoms with van der Waals surface area (Å²) in [6.07, 6.45) is 0.655. The maximum atomic E-state index is 11.2. The molecule has 7 heteroatoms. The van der Waals surface area contributed by atoms with E-state index in [1.165, 1.54) is 23.1 Å². The lowest BCUT2D eigenvalue weighted by molar-refractivity contribution is -0.138. The Morgan fingerprint density at radius 1 is 1.17 bits per heavy atom. The van der Waals surface area contributed by atoms with Gasteiger partial charge in [-0.05, 0) is 49.2 Å². The average molecular weight is 425 g/mol. The van der Waals surface area contributed by atoms with E-state index in [4.69, 9.17) is 10.00 Å². The molecule has 0 aliphatic rings. The van der Waals surface area contributed by atoms with Gasteiger partial charge in [0.1, 0.15) is 10.5 Å². The van der Waals surface area contributed by atoms with E-state index in [2.05, 4.69) is 11.1 Å². The molecule has 0 saturated heterocycles. The van der Waals surface area contributed by atoms with Gasteiger partial charge in [-0.15, -0.1) is 11.3 Å². The molecule has 0 aliphatic heterocycles. The standard InChI is InChI=1S/C22H20N2O3S2/c1-22(2,20(25)26)29-21-24-18(14-28-21)11-12-27-19-9-7-17(8-10-19)16-5-3-15(13-23)4-6-16/h3-10,14H,11-12H2,1-2H3,(H,25,26). The highest BCUT2D eigenvalue weighted by Gasteiger charge is 2.29. The van der Waals surface area contributed by atoms with Crippen molar-refractivity contribution in [1.29, 1.82) is 5.26 Å². The Labute approximate surface area is 178 Å². The molecule has 29 heavy (non-hydrogen) atoms. The third-order valence-electron chi connectivity index (χ3n) is 4.22. The minimum absolute atomic E-state index is 0.492. The van der Waals surface area contributed by atoms with Crippen LogP contribution in [0.25, 0.3) is 11.1 Å². The Bertz CT molecular complexity index is 1020. The number of rotatable bonds is 8. The summed E-state index contributed by atoms with van der Waals surface area (Å²) in [6.45, 7) is 3.84. The number of hydrogen-bond acceptors (Lipinski definition) is 6. The van der Waals surface area contributed by atoms with E-state index in [1.807, 2.05) is 41.8 Å². The molecule has 0 bridgehead atoms. The van der Waals surface area contributed by atoms with Crippen LogP contribution in [0.4, 0.5) is 0 Å². The molecule has 3 rings (SSSR count). The molecule has 0 aliphatic carbocycles. The first kappa shape index (κ1) is 20.9. The third-order valence-corrected chi connectivity index (χ3v) is 6.39. The number of nitrogens with zero attached hydrogens (tertiary/aromatic N) is 2. The highest BCUT2D eigenvalue weighted by molar-refractivity contribution is 8.02. The third kappa shape index (κ3) is 5.59. The lowest BCUT2D eigenvalue weighted by Gasteiger charge is -2.15. The number of thiazole rings is 1. The molecule has 1 heterocycles. The second-order valence-electron chi connectivity index (χ2n) is 6.83. The maximum Gasteiger partial charge on any atom is 0.319 e. The summed E-state index contributed by atoms with van der Waals surface area (Å²) < 4.78 is 5.66. The molecule has 3 aromatic rings. The van der Waals surface area contributed by atoms with Gasteiger partial charge in [0, 0.05) is 11.8 Å². The van der Waals surface area contributed by atoms with Crippen molar-refractivity contribution in [2.24, 2.45) is 0 Å². The summed E-state index contributed by atoms with van der Waals surface area (Å²) in [5.74, 6) is -0.0775. The van der Waals surface area contributed by atoms with E-state index in [0.29, 0.717) is 18.6 Å². The molecule has 0 amide bonds. The summed E-state index contributed by atoms with van der Waals surface area (Å²) in [5, 5.41) is 20.0. The Kier molecular flexibility index (Phi) is 6.57. The molecule has 5 nitrogen and oxygen atoms in total. The predicted octanol–water partition coefficient (Wildman–Crippen LogP) is 5.26. The average Bonchev–Trinajstić information content (AvgIpc) is 3.15. The molecule has 0 fully saturated rings. The van der Waals surface area contributed by atoms with Crippen molar-refractivity contribution in [3.8, 4) is 22.9 Å². The zero-order valence-corrected chi connectivity index (χ0v) is 17.7. The quantitative estimate of drug-likeness (QED) is 0.497. The van der Waals surface area contributed by atoms with Crippen molar-refractivity contribution in [1.82, 2.24) is 4.98 Å². The van der Waals surface area contributed by atoms with Crippen molar-refractivity contribution in [2.75, 3.05) is 6.61 Å². The summed E-state index contributed by atoms with van der Waals surface area (Å²) >= 11 is 2.71. The highest BCUT2D eigenvalue weighted by Crippen LogP contribution is 2.34. The number of hydrogen-bond donors (Lipinski definition) is 1. The molecule has 0 unspecified atom stereocenters. The molecule has 1 N–H and O–H groups in total. The second-order valence-corrected chi connectivity index (χ2v) is 9.56. The number of aliphatic carboxylic acids is 1. The van der Waals surface area contributed by atoms with E-state index in [0.717, 1.165) is 26.9 Å². The summed E-state index contributed by atoms with van der Waals surface area (Å²) in [6, 6.07) is 17.4. The number of carboxylic acids is 1. The molecule has 0 radical (unpaired) electrons. The maximum absolute atomic E-state index is 11.2. The number of nitriles is 1. The first-order chi connectivity index (χ1) is 13.9. The van der Waals surface area contributed by atoms with Gasteiger partial charge in [0.25, 0.3) is 0 Å². The van der Waals surface area contributed by atoms with Crippen LogP contribution < -0.4 is 4.74 Å². The van der Waals surface area contributed by atoms with Crippen LogP contribution in [0.5, 0.6) is 5.75 Å². The lowest BCUT2D eigenvalue weighted by Crippen LogP contribution is -2.26. The summed E-state index contributed by atoms with van der Waals surface area (Å²) in [5.41, 5.74) is 3.65. The van der Waals surface area contributed by atoms with Gasteiger partial charge in [0.2, 0.25) is 0 Å². The van der Waals surface area contributed by atoms with Crippen LogP contribution in [0.15, 0.2) is 58.3 Å². The normalized spacial score (nSPS) is 11.1. The van der Waals surface area contributed by atoms with Crippen LogP contribution in [0.2, 0.25) is 0 Å².